The molecule has 3 nitrogen and oxygen atoms in total. The van der Waals surface area contributed by atoms with Crippen LogP contribution >= 0.6 is 0 Å². The van der Waals surface area contributed by atoms with Crippen LogP contribution in [-0.4, -0.2) is 24.1 Å². The summed E-state index contributed by atoms with van der Waals surface area (Å²) in [6.07, 6.45) is 6.24. The third-order valence-corrected chi connectivity index (χ3v) is 4.90. The third-order valence-electron chi connectivity index (χ3n) is 4.90. The first-order valence-electron chi connectivity index (χ1n) is 8.54. The summed E-state index contributed by atoms with van der Waals surface area (Å²) in [6.45, 7) is 10.2. The molecule has 1 N–H and O–H groups in total. The van der Waals surface area contributed by atoms with Crippen LogP contribution in [0.4, 0.5) is 5.82 Å². The van der Waals surface area contributed by atoms with Crippen molar-refractivity contribution in [3.63, 3.8) is 0 Å². The monoisotopic (exact) mass is 287 g/mol. The van der Waals surface area contributed by atoms with Crippen LogP contribution in [0.15, 0.2) is 12.1 Å². The van der Waals surface area contributed by atoms with Crippen LogP contribution in [0, 0.1) is 5.41 Å². The number of aryl methyl sites for hydroxylation is 1. The summed E-state index contributed by atoms with van der Waals surface area (Å²) < 4.78 is 0. The van der Waals surface area contributed by atoms with Gasteiger partial charge in [-0.2, -0.15) is 0 Å². The van der Waals surface area contributed by atoms with Crippen molar-refractivity contribution < 1.29 is 0 Å². The Labute approximate surface area is 129 Å². The molecule has 0 aromatic carbocycles. The van der Waals surface area contributed by atoms with Crippen LogP contribution in [0.1, 0.15) is 57.7 Å². The summed E-state index contributed by atoms with van der Waals surface area (Å²) in [5, 5.41) is 3.62. The Kier molecular flexibility index (Phi) is 4.21. The standard InChI is InChI=1S/C18H29N3/c1-4-15-11-14(13-19-16-5-6-16)12-17(20-15)21-9-7-18(2,3)8-10-21/h11-12,16,19H,4-10,13H2,1-3H3. The van der Waals surface area contributed by atoms with Gasteiger partial charge in [0.1, 0.15) is 5.82 Å². The van der Waals surface area contributed by atoms with Gasteiger partial charge in [-0.3, -0.25) is 0 Å². The average Bonchev–Trinajstić information content (AvgIpc) is 3.29. The van der Waals surface area contributed by atoms with Gasteiger partial charge in [-0.05, 0) is 55.2 Å². The molecule has 0 atom stereocenters. The smallest absolute Gasteiger partial charge is 0.129 e. The molecular formula is C18H29N3. The van der Waals surface area contributed by atoms with Gasteiger partial charge >= 0.3 is 0 Å². The van der Waals surface area contributed by atoms with E-state index in [4.69, 9.17) is 4.98 Å². The topological polar surface area (TPSA) is 28.2 Å². The zero-order chi connectivity index (χ0) is 14.9. The van der Waals surface area contributed by atoms with Crippen molar-refractivity contribution in [2.24, 2.45) is 5.41 Å². The van der Waals surface area contributed by atoms with Gasteiger partial charge in [-0.1, -0.05) is 20.8 Å². The Morgan fingerprint density at radius 1 is 1.24 bits per heavy atom. The van der Waals surface area contributed by atoms with Crippen LogP contribution in [0.3, 0.4) is 0 Å². The molecule has 1 saturated carbocycles. The van der Waals surface area contributed by atoms with Crippen molar-refractivity contribution in [2.45, 2.75) is 65.5 Å². The average molecular weight is 287 g/mol. The molecule has 116 valence electrons. The molecule has 21 heavy (non-hydrogen) atoms. The second kappa shape index (κ2) is 5.96. The number of nitrogens with zero attached hydrogens (tertiary/aromatic N) is 2. The van der Waals surface area contributed by atoms with Crippen molar-refractivity contribution in [2.75, 3.05) is 18.0 Å². The molecule has 2 aliphatic rings. The molecule has 2 fully saturated rings. The Bertz CT molecular complexity index is 481. The Balaban J connectivity index is 1.72. The molecule has 0 spiro atoms. The lowest BCUT2D eigenvalue weighted by Crippen LogP contribution is -2.38. The second-order valence-corrected chi connectivity index (χ2v) is 7.48. The number of piperidine rings is 1. The highest BCUT2D eigenvalue weighted by atomic mass is 15.2. The van der Waals surface area contributed by atoms with Gasteiger partial charge in [0.15, 0.2) is 0 Å². The zero-order valence-electron chi connectivity index (χ0n) is 13.8. The molecule has 3 heteroatoms. The van der Waals surface area contributed by atoms with E-state index in [1.165, 1.54) is 42.8 Å². The Morgan fingerprint density at radius 3 is 2.57 bits per heavy atom. The van der Waals surface area contributed by atoms with Gasteiger partial charge in [0.25, 0.3) is 0 Å². The van der Waals surface area contributed by atoms with Gasteiger partial charge in [-0.25, -0.2) is 4.98 Å². The molecule has 0 bridgehead atoms. The molecule has 0 amide bonds. The van der Waals surface area contributed by atoms with E-state index in [0.717, 1.165) is 32.1 Å². The fraction of sp³-hybridized carbons (Fsp3) is 0.722. The fourth-order valence-electron chi connectivity index (χ4n) is 2.97. The van der Waals surface area contributed by atoms with E-state index in [2.05, 4.69) is 43.1 Å². The third kappa shape index (κ3) is 3.97. The van der Waals surface area contributed by atoms with Gasteiger partial charge in [0, 0.05) is 31.4 Å². The number of hydrogen-bond donors (Lipinski definition) is 1. The number of anilines is 1. The summed E-state index contributed by atoms with van der Waals surface area (Å²) in [7, 11) is 0. The minimum absolute atomic E-state index is 0.495. The van der Waals surface area contributed by atoms with E-state index in [1.807, 2.05) is 0 Å². The maximum Gasteiger partial charge on any atom is 0.129 e. The zero-order valence-corrected chi connectivity index (χ0v) is 13.8. The Morgan fingerprint density at radius 2 is 1.95 bits per heavy atom. The molecular weight excluding hydrogens is 258 g/mol. The maximum atomic E-state index is 4.86. The van der Waals surface area contributed by atoms with Crippen LogP contribution in [-0.2, 0) is 13.0 Å². The van der Waals surface area contributed by atoms with Gasteiger partial charge in [0.05, 0.1) is 0 Å². The fourth-order valence-corrected chi connectivity index (χ4v) is 2.97. The number of rotatable bonds is 5. The van der Waals surface area contributed by atoms with E-state index >= 15 is 0 Å². The summed E-state index contributed by atoms with van der Waals surface area (Å²) in [5.41, 5.74) is 3.12. The van der Waals surface area contributed by atoms with E-state index in [-0.39, 0.29) is 0 Å². The lowest BCUT2D eigenvalue weighted by molar-refractivity contribution is 0.279. The summed E-state index contributed by atoms with van der Waals surface area (Å²) in [6, 6.07) is 5.34. The predicted octanol–water partition coefficient (Wildman–Crippen LogP) is 3.52. The molecule has 1 aromatic heterocycles. The van der Waals surface area contributed by atoms with Crippen molar-refractivity contribution >= 4 is 5.82 Å². The second-order valence-electron chi connectivity index (χ2n) is 7.48. The lowest BCUT2D eigenvalue weighted by Gasteiger charge is -2.37. The van der Waals surface area contributed by atoms with Crippen molar-refractivity contribution in [3.05, 3.63) is 23.4 Å². The largest absolute Gasteiger partial charge is 0.357 e. The molecule has 3 rings (SSSR count). The highest BCUT2D eigenvalue weighted by molar-refractivity contribution is 5.43. The molecule has 0 unspecified atom stereocenters. The quantitative estimate of drug-likeness (QED) is 0.898. The summed E-state index contributed by atoms with van der Waals surface area (Å²) in [5.74, 6) is 1.19. The normalized spacial score (nSPS) is 21.6. The minimum atomic E-state index is 0.495. The first-order chi connectivity index (χ1) is 10.1. The van der Waals surface area contributed by atoms with Gasteiger partial charge in [0.2, 0.25) is 0 Å². The molecule has 1 aliphatic heterocycles. The number of aromatic nitrogens is 1. The summed E-state index contributed by atoms with van der Waals surface area (Å²) >= 11 is 0. The SMILES string of the molecule is CCc1cc(CNC2CC2)cc(N2CCC(C)(C)CC2)n1. The van der Waals surface area contributed by atoms with E-state index < -0.39 is 0 Å². The lowest BCUT2D eigenvalue weighted by atomic mass is 9.83. The molecule has 0 radical (unpaired) electrons. The number of hydrogen-bond acceptors (Lipinski definition) is 3. The van der Waals surface area contributed by atoms with E-state index in [1.54, 1.807) is 0 Å². The van der Waals surface area contributed by atoms with Crippen molar-refractivity contribution in [3.8, 4) is 0 Å². The highest BCUT2D eigenvalue weighted by Gasteiger charge is 2.26. The first kappa shape index (κ1) is 14.8. The molecule has 2 heterocycles. The summed E-state index contributed by atoms with van der Waals surface area (Å²) in [4.78, 5) is 7.34. The minimum Gasteiger partial charge on any atom is -0.357 e. The molecule has 1 saturated heterocycles. The van der Waals surface area contributed by atoms with Crippen LogP contribution in [0.2, 0.25) is 0 Å². The van der Waals surface area contributed by atoms with E-state index in [0.29, 0.717) is 5.41 Å². The first-order valence-corrected chi connectivity index (χ1v) is 8.54. The van der Waals surface area contributed by atoms with Gasteiger partial charge < -0.3 is 10.2 Å². The predicted molar refractivity (Wildman–Crippen MR) is 88.7 cm³/mol. The number of nitrogens with one attached hydrogen (secondary N) is 1. The number of pyridine rings is 1. The Hall–Kier alpha value is -1.09. The van der Waals surface area contributed by atoms with Gasteiger partial charge in [-0.15, -0.1) is 0 Å². The van der Waals surface area contributed by atoms with Crippen molar-refractivity contribution in [1.82, 2.24) is 10.3 Å². The van der Waals surface area contributed by atoms with E-state index in [9.17, 15) is 0 Å². The highest BCUT2D eigenvalue weighted by Crippen LogP contribution is 2.32. The van der Waals surface area contributed by atoms with Crippen LogP contribution in [0.5, 0.6) is 0 Å². The van der Waals surface area contributed by atoms with Crippen molar-refractivity contribution in [1.29, 1.82) is 0 Å². The maximum absolute atomic E-state index is 4.86. The molecule has 1 aliphatic carbocycles. The molecule has 1 aromatic rings. The van der Waals surface area contributed by atoms with Crippen LogP contribution in [0.25, 0.3) is 0 Å². The van der Waals surface area contributed by atoms with Crippen LogP contribution < -0.4 is 10.2 Å².